The molecule has 10 nitrogen and oxygen atoms in total. The number of methoxy groups -OCH3 is 1. The van der Waals surface area contributed by atoms with Crippen LogP contribution < -0.4 is 10.1 Å². The van der Waals surface area contributed by atoms with Gasteiger partial charge in [0.15, 0.2) is 5.82 Å². The van der Waals surface area contributed by atoms with E-state index in [0.717, 1.165) is 38.0 Å². The third kappa shape index (κ3) is 5.47. The number of phenols is 1. The summed E-state index contributed by atoms with van der Waals surface area (Å²) in [6, 6.07) is 10.7. The van der Waals surface area contributed by atoms with Gasteiger partial charge >= 0.3 is 0 Å². The van der Waals surface area contributed by atoms with E-state index in [0.29, 0.717) is 41.5 Å². The molecular weight excluding hydrogens is 496 g/mol. The number of piperazine rings is 1. The molecule has 2 amide bonds. The van der Waals surface area contributed by atoms with E-state index in [1.54, 1.807) is 42.0 Å². The Balaban J connectivity index is 1.52. The van der Waals surface area contributed by atoms with Crippen LogP contribution in [0.4, 0.5) is 0 Å². The van der Waals surface area contributed by atoms with Gasteiger partial charge in [-0.1, -0.05) is 20.8 Å². The van der Waals surface area contributed by atoms with E-state index in [4.69, 9.17) is 4.74 Å². The standard InChI is InChI=1S/C29H36N6O4/c1-5-33-12-14-34(15-13-33)29(38)19-6-10-21(11-7-19)35-26(31-32-27(35)28(37)30-20-8-9-20)23-16-22(18(2)3)25(39-4)17-24(23)36/h6-7,10-11,16-18,20,36H,5,8-9,12-15H2,1-4H3,(H,30,37). The summed E-state index contributed by atoms with van der Waals surface area (Å²) in [5.41, 5.74) is 2.53. The zero-order valence-electron chi connectivity index (χ0n) is 23.0. The lowest BCUT2D eigenvalue weighted by Gasteiger charge is -2.34. The Bertz CT molecular complexity index is 1350. The molecule has 2 fully saturated rings. The number of likely N-dealkylation sites (N-methyl/N-ethyl adjacent to an activating group) is 1. The van der Waals surface area contributed by atoms with E-state index in [2.05, 4.69) is 27.3 Å². The van der Waals surface area contributed by atoms with Gasteiger partial charge in [0.2, 0.25) is 5.82 Å². The van der Waals surface area contributed by atoms with E-state index in [1.807, 2.05) is 24.8 Å². The Labute approximate surface area is 228 Å². The van der Waals surface area contributed by atoms with Crippen molar-refractivity contribution >= 4 is 11.8 Å². The molecule has 0 bridgehead atoms. The predicted molar refractivity (Wildman–Crippen MR) is 148 cm³/mol. The van der Waals surface area contributed by atoms with Crippen LogP contribution in [-0.2, 0) is 0 Å². The number of nitrogens with zero attached hydrogens (tertiary/aromatic N) is 5. The number of carbonyl (C=O) groups is 2. The van der Waals surface area contributed by atoms with Gasteiger partial charge < -0.3 is 25.0 Å². The smallest absolute Gasteiger partial charge is 0.289 e. The number of aromatic hydroxyl groups is 1. The summed E-state index contributed by atoms with van der Waals surface area (Å²) in [4.78, 5) is 30.5. The van der Waals surface area contributed by atoms with Crippen LogP contribution in [0.5, 0.6) is 11.5 Å². The van der Waals surface area contributed by atoms with Gasteiger partial charge in [-0.15, -0.1) is 10.2 Å². The Hall–Kier alpha value is -3.92. The number of carbonyl (C=O) groups excluding carboxylic acids is 2. The maximum atomic E-state index is 13.2. The first kappa shape index (κ1) is 26.7. The molecule has 1 aromatic heterocycles. The normalized spacial score (nSPS) is 16.0. The molecule has 39 heavy (non-hydrogen) atoms. The summed E-state index contributed by atoms with van der Waals surface area (Å²) in [5.74, 6) is 0.770. The number of rotatable bonds is 8. The largest absolute Gasteiger partial charge is 0.507 e. The van der Waals surface area contributed by atoms with Crippen LogP contribution >= 0.6 is 0 Å². The molecule has 1 saturated carbocycles. The van der Waals surface area contributed by atoms with Crippen LogP contribution in [-0.4, -0.2) is 87.4 Å². The highest BCUT2D eigenvalue weighted by atomic mass is 16.5. The molecule has 2 aromatic carbocycles. The maximum Gasteiger partial charge on any atom is 0.289 e. The molecule has 5 rings (SSSR count). The summed E-state index contributed by atoms with van der Waals surface area (Å²) < 4.78 is 7.12. The van der Waals surface area contributed by atoms with Crippen molar-refractivity contribution in [2.45, 2.75) is 45.6 Å². The summed E-state index contributed by atoms with van der Waals surface area (Å²) in [7, 11) is 1.57. The molecule has 3 aromatic rings. The number of amides is 2. The SMILES string of the molecule is CCN1CCN(C(=O)c2ccc(-n3c(C(=O)NC4CC4)nnc3-c3cc(C(C)C)c(OC)cc3O)cc2)CC1. The van der Waals surface area contributed by atoms with Crippen LogP contribution in [0, 0.1) is 0 Å². The molecule has 2 aliphatic rings. The average molecular weight is 533 g/mol. The van der Waals surface area contributed by atoms with Crippen LogP contribution in [0.1, 0.15) is 66.1 Å². The van der Waals surface area contributed by atoms with Crippen molar-refractivity contribution in [2.24, 2.45) is 0 Å². The third-order valence-electron chi connectivity index (χ3n) is 7.47. The molecule has 2 heterocycles. The van der Waals surface area contributed by atoms with Crippen LogP contribution in [0.2, 0.25) is 0 Å². The fraction of sp³-hybridized carbons (Fsp3) is 0.448. The van der Waals surface area contributed by atoms with E-state index < -0.39 is 0 Å². The highest BCUT2D eigenvalue weighted by Gasteiger charge is 2.29. The molecule has 2 N–H and O–H groups in total. The number of aromatic nitrogens is 3. The fourth-order valence-corrected chi connectivity index (χ4v) is 4.92. The minimum atomic E-state index is -0.331. The highest BCUT2D eigenvalue weighted by Crippen LogP contribution is 2.38. The number of ether oxygens (including phenoxy) is 1. The first-order valence-electron chi connectivity index (χ1n) is 13.6. The lowest BCUT2D eigenvalue weighted by Crippen LogP contribution is -2.48. The number of nitrogens with one attached hydrogen (secondary N) is 1. The van der Waals surface area contributed by atoms with Gasteiger partial charge in [0.05, 0.1) is 12.7 Å². The van der Waals surface area contributed by atoms with Gasteiger partial charge in [0.25, 0.3) is 11.8 Å². The Morgan fingerprint density at radius 1 is 1.08 bits per heavy atom. The van der Waals surface area contributed by atoms with Crippen molar-refractivity contribution in [2.75, 3.05) is 39.8 Å². The number of hydrogen-bond acceptors (Lipinski definition) is 7. The van der Waals surface area contributed by atoms with Crippen LogP contribution in [0.25, 0.3) is 17.1 Å². The maximum absolute atomic E-state index is 13.2. The molecule has 0 spiro atoms. The summed E-state index contributed by atoms with van der Waals surface area (Å²) >= 11 is 0. The zero-order valence-corrected chi connectivity index (χ0v) is 23.0. The number of phenolic OH excluding ortho intramolecular Hbond substituents is 1. The van der Waals surface area contributed by atoms with Gasteiger partial charge in [-0.3, -0.25) is 14.2 Å². The molecule has 1 aliphatic carbocycles. The molecule has 10 heteroatoms. The second-order valence-corrected chi connectivity index (χ2v) is 10.5. The molecule has 0 unspecified atom stereocenters. The van der Waals surface area contributed by atoms with Crippen molar-refractivity contribution in [3.05, 3.63) is 53.3 Å². The highest BCUT2D eigenvalue weighted by molar-refractivity contribution is 5.95. The minimum Gasteiger partial charge on any atom is -0.507 e. The third-order valence-corrected chi connectivity index (χ3v) is 7.47. The molecule has 1 saturated heterocycles. The van der Waals surface area contributed by atoms with Crippen molar-refractivity contribution in [3.8, 4) is 28.6 Å². The van der Waals surface area contributed by atoms with Crippen molar-refractivity contribution in [1.29, 1.82) is 0 Å². The van der Waals surface area contributed by atoms with E-state index in [9.17, 15) is 14.7 Å². The second-order valence-electron chi connectivity index (χ2n) is 10.5. The first-order chi connectivity index (χ1) is 18.8. The summed E-state index contributed by atoms with van der Waals surface area (Å²) in [6.07, 6.45) is 1.88. The van der Waals surface area contributed by atoms with Gasteiger partial charge in [0.1, 0.15) is 11.5 Å². The Morgan fingerprint density at radius 3 is 2.36 bits per heavy atom. The lowest BCUT2D eigenvalue weighted by molar-refractivity contribution is 0.0643. The summed E-state index contributed by atoms with van der Waals surface area (Å²) in [5, 5.41) is 22.5. The monoisotopic (exact) mass is 532 g/mol. The molecular formula is C29H36N6O4. The van der Waals surface area contributed by atoms with E-state index in [1.165, 1.54) is 0 Å². The van der Waals surface area contributed by atoms with Crippen molar-refractivity contribution in [1.82, 2.24) is 29.9 Å². The fourth-order valence-electron chi connectivity index (χ4n) is 4.92. The average Bonchev–Trinajstić information content (AvgIpc) is 3.66. The van der Waals surface area contributed by atoms with Gasteiger partial charge in [-0.05, 0) is 61.2 Å². The zero-order chi connectivity index (χ0) is 27.7. The van der Waals surface area contributed by atoms with Crippen LogP contribution in [0.3, 0.4) is 0 Å². The molecule has 206 valence electrons. The number of hydrogen-bond donors (Lipinski definition) is 2. The first-order valence-corrected chi connectivity index (χ1v) is 13.6. The van der Waals surface area contributed by atoms with E-state index in [-0.39, 0.29) is 35.3 Å². The molecule has 1 aliphatic heterocycles. The number of benzene rings is 2. The van der Waals surface area contributed by atoms with Crippen molar-refractivity contribution < 1.29 is 19.4 Å². The Kier molecular flexibility index (Phi) is 7.56. The Morgan fingerprint density at radius 2 is 1.77 bits per heavy atom. The minimum absolute atomic E-state index is 0.0117. The van der Waals surface area contributed by atoms with E-state index >= 15 is 0 Å². The van der Waals surface area contributed by atoms with Gasteiger partial charge in [-0.2, -0.15) is 0 Å². The lowest BCUT2D eigenvalue weighted by atomic mass is 9.98. The second kappa shape index (κ2) is 11.1. The summed E-state index contributed by atoms with van der Waals surface area (Å²) in [6.45, 7) is 10.3. The molecule has 0 atom stereocenters. The van der Waals surface area contributed by atoms with Gasteiger partial charge in [-0.25, -0.2) is 0 Å². The molecule has 0 radical (unpaired) electrons. The topological polar surface area (TPSA) is 113 Å². The quantitative estimate of drug-likeness (QED) is 0.457. The van der Waals surface area contributed by atoms with Crippen molar-refractivity contribution in [3.63, 3.8) is 0 Å². The predicted octanol–water partition coefficient (Wildman–Crippen LogP) is 3.44. The van der Waals surface area contributed by atoms with Crippen LogP contribution in [0.15, 0.2) is 36.4 Å². The van der Waals surface area contributed by atoms with Gasteiger partial charge in [0, 0.05) is 49.5 Å².